The lowest BCUT2D eigenvalue weighted by atomic mass is 9.89. The zero-order valence-electron chi connectivity index (χ0n) is 16.8. The number of para-hydroxylation sites is 1. The summed E-state index contributed by atoms with van der Waals surface area (Å²) in [5, 5.41) is 0.920. The largest absolute Gasteiger partial charge is 0.487 e. The molecule has 0 radical (unpaired) electrons. The van der Waals surface area contributed by atoms with Crippen molar-refractivity contribution < 1.29 is 26.7 Å². The number of hydrogen-bond donors (Lipinski definition) is 1. The molecule has 3 nitrogen and oxygen atoms in total. The summed E-state index contributed by atoms with van der Waals surface area (Å²) >= 11 is 0. The quantitative estimate of drug-likeness (QED) is 0.461. The summed E-state index contributed by atoms with van der Waals surface area (Å²) in [5.74, 6) is -4.20. The number of alkyl halides is 4. The van der Waals surface area contributed by atoms with Gasteiger partial charge in [-0.05, 0) is 55.6 Å². The van der Waals surface area contributed by atoms with Crippen molar-refractivity contribution in [3.05, 3.63) is 65.6 Å². The molecule has 31 heavy (non-hydrogen) atoms. The summed E-state index contributed by atoms with van der Waals surface area (Å²) in [7, 11) is 0. The van der Waals surface area contributed by atoms with E-state index in [-0.39, 0.29) is 17.6 Å². The second kappa shape index (κ2) is 8.86. The van der Waals surface area contributed by atoms with E-state index < -0.39 is 19.0 Å². The Hall–Kier alpha value is -2.61. The van der Waals surface area contributed by atoms with Crippen LogP contribution in [0.15, 0.2) is 48.5 Å². The van der Waals surface area contributed by atoms with Gasteiger partial charge >= 0.3 is 12.3 Å². The molecule has 0 amide bonds. The minimum atomic E-state index is -4.18. The number of piperidine rings is 1. The maximum Gasteiger partial charge on any atom is 0.340 e. The number of halogens is 5. The van der Waals surface area contributed by atoms with Gasteiger partial charge < -0.3 is 9.72 Å². The number of nitrogens with zero attached hydrogens (tertiary/aromatic N) is 1. The highest BCUT2D eigenvalue weighted by atomic mass is 19.3. The summed E-state index contributed by atoms with van der Waals surface area (Å²) in [6, 6.07) is 14.1. The first-order valence-corrected chi connectivity index (χ1v) is 10.2. The van der Waals surface area contributed by atoms with Gasteiger partial charge in [-0.15, -0.1) is 0 Å². The van der Waals surface area contributed by atoms with Gasteiger partial charge in [-0.3, -0.25) is 4.90 Å². The Labute approximate surface area is 176 Å². The highest BCUT2D eigenvalue weighted by Crippen LogP contribution is 2.35. The third-order valence-corrected chi connectivity index (χ3v) is 5.75. The third-order valence-electron chi connectivity index (χ3n) is 5.75. The van der Waals surface area contributed by atoms with Gasteiger partial charge in [-0.2, -0.15) is 13.2 Å². The molecule has 166 valence electrons. The number of nitrogens with one attached hydrogen (secondary N) is 1. The zero-order valence-corrected chi connectivity index (χ0v) is 16.8. The van der Waals surface area contributed by atoms with Crippen molar-refractivity contribution in [2.75, 3.05) is 19.7 Å². The number of benzene rings is 2. The minimum Gasteiger partial charge on any atom is -0.487 e. The van der Waals surface area contributed by atoms with Crippen LogP contribution in [0.5, 0.6) is 5.75 Å². The Bertz CT molecular complexity index is 1030. The van der Waals surface area contributed by atoms with Crippen LogP contribution < -0.4 is 4.74 Å². The van der Waals surface area contributed by atoms with Crippen LogP contribution >= 0.6 is 0 Å². The van der Waals surface area contributed by atoms with Crippen LogP contribution in [-0.2, 0) is 6.54 Å². The molecule has 1 aliphatic heterocycles. The maximum absolute atomic E-state index is 14.5. The molecule has 1 fully saturated rings. The molecule has 4 rings (SSSR count). The molecule has 1 N–H and O–H groups in total. The van der Waals surface area contributed by atoms with Gasteiger partial charge in [0.2, 0.25) is 0 Å². The predicted octanol–water partition coefficient (Wildman–Crippen LogP) is 5.97. The number of aromatic nitrogens is 1. The van der Waals surface area contributed by atoms with Crippen LogP contribution in [0, 0.1) is 5.95 Å². The van der Waals surface area contributed by atoms with Crippen molar-refractivity contribution in [1.82, 2.24) is 9.88 Å². The normalized spacial score (nSPS) is 16.3. The van der Waals surface area contributed by atoms with Crippen LogP contribution in [-0.4, -0.2) is 41.9 Å². The first-order valence-electron chi connectivity index (χ1n) is 10.2. The average molecular weight is 438 g/mol. The number of rotatable bonds is 7. The van der Waals surface area contributed by atoms with Crippen LogP contribution in [0.1, 0.15) is 29.9 Å². The number of H-pyrrole nitrogens is 1. The molecule has 0 bridgehead atoms. The van der Waals surface area contributed by atoms with E-state index in [2.05, 4.69) is 9.88 Å². The smallest absolute Gasteiger partial charge is 0.340 e. The average Bonchev–Trinajstić information content (AvgIpc) is 3.09. The minimum absolute atomic E-state index is 0.124. The van der Waals surface area contributed by atoms with Crippen LogP contribution in [0.3, 0.4) is 0 Å². The highest BCUT2D eigenvalue weighted by Gasteiger charge is 2.41. The number of likely N-dealkylation sites (tertiary alicyclic amines) is 1. The monoisotopic (exact) mass is 438 g/mol. The van der Waals surface area contributed by atoms with E-state index in [9.17, 15) is 22.0 Å². The Balaban J connectivity index is 1.35. The molecular weight excluding hydrogens is 415 g/mol. The number of aromatic amines is 1. The van der Waals surface area contributed by atoms with Crippen LogP contribution in [0.4, 0.5) is 22.0 Å². The van der Waals surface area contributed by atoms with Gasteiger partial charge in [-0.25, -0.2) is 8.78 Å². The zero-order chi connectivity index (χ0) is 22.0. The summed E-state index contributed by atoms with van der Waals surface area (Å²) in [6.45, 7) is 0.734. The summed E-state index contributed by atoms with van der Waals surface area (Å²) < 4.78 is 70.1. The highest BCUT2D eigenvalue weighted by molar-refractivity contribution is 5.84. The van der Waals surface area contributed by atoms with Crippen LogP contribution in [0.2, 0.25) is 0 Å². The van der Waals surface area contributed by atoms with Crippen molar-refractivity contribution in [3.8, 4) is 5.75 Å². The van der Waals surface area contributed by atoms with E-state index in [1.165, 1.54) is 6.07 Å². The Kier molecular flexibility index (Phi) is 6.18. The molecule has 0 unspecified atom stereocenters. The van der Waals surface area contributed by atoms with Gasteiger partial charge in [0.15, 0.2) is 12.6 Å². The molecule has 0 aliphatic carbocycles. The topological polar surface area (TPSA) is 28.3 Å². The van der Waals surface area contributed by atoms with Crippen molar-refractivity contribution in [1.29, 1.82) is 0 Å². The molecule has 8 heteroatoms. The van der Waals surface area contributed by atoms with E-state index >= 15 is 0 Å². The van der Waals surface area contributed by atoms with E-state index in [1.807, 2.05) is 30.3 Å². The summed E-state index contributed by atoms with van der Waals surface area (Å²) in [4.78, 5) is 5.02. The number of hydrogen-bond acceptors (Lipinski definition) is 2. The van der Waals surface area contributed by atoms with Gasteiger partial charge in [0, 0.05) is 23.0 Å². The molecule has 0 atom stereocenters. The van der Waals surface area contributed by atoms with E-state index in [0.717, 1.165) is 48.0 Å². The molecule has 1 aliphatic rings. The lowest BCUT2D eigenvalue weighted by Crippen LogP contribution is -2.34. The van der Waals surface area contributed by atoms with E-state index in [0.29, 0.717) is 6.54 Å². The molecule has 0 saturated carbocycles. The molecule has 1 aromatic heterocycles. The molecule has 2 heterocycles. The second-order valence-corrected chi connectivity index (χ2v) is 7.95. The SMILES string of the molecule is Fc1[nH]c2ccccc2c1C1CCN(Cc2cccc(OCC(F)(F)C(F)F)c2)CC1. The maximum atomic E-state index is 14.5. The lowest BCUT2D eigenvalue weighted by molar-refractivity contribution is -0.148. The summed E-state index contributed by atoms with van der Waals surface area (Å²) in [5.41, 5.74) is 2.38. The first kappa shape index (κ1) is 21.6. The van der Waals surface area contributed by atoms with Crippen molar-refractivity contribution in [2.45, 2.75) is 37.7 Å². The fourth-order valence-electron chi connectivity index (χ4n) is 4.14. The molecule has 2 aromatic carbocycles. The van der Waals surface area contributed by atoms with Crippen LogP contribution in [0.25, 0.3) is 10.9 Å². The van der Waals surface area contributed by atoms with E-state index in [1.54, 1.807) is 12.1 Å². The second-order valence-electron chi connectivity index (χ2n) is 7.95. The van der Waals surface area contributed by atoms with E-state index in [4.69, 9.17) is 4.74 Å². The molecule has 1 saturated heterocycles. The third kappa shape index (κ3) is 4.84. The molecule has 0 spiro atoms. The predicted molar refractivity (Wildman–Crippen MR) is 108 cm³/mol. The van der Waals surface area contributed by atoms with Crippen molar-refractivity contribution in [3.63, 3.8) is 0 Å². The number of ether oxygens (including phenoxy) is 1. The molecule has 3 aromatic rings. The fraction of sp³-hybridized carbons (Fsp3) is 0.391. The Morgan fingerprint density at radius 3 is 2.55 bits per heavy atom. The Morgan fingerprint density at radius 1 is 1.06 bits per heavy atom. The van der Waals surface area contributed by atoms with Crippen molar-refractivity contribution >= 4 is 10.9 Å². The van der Waals surface area contributed by atoms with Crippen molar-refractivity contribution in [2.24, 2.45) is 0 Å². The fourth-order valence-corrected chi connectivity index (χ4v) is 4.14. The van der Waals surface area contributed by atoms with Gasteiger partial charge in [0.1, 0.15) is 5.75 Å². The Morgan fingerprint density at radius 2 is 1.81 bits per heavy atom. The molecular formula is C23H23F5N2O. The lowest BCUT2D eigenvalue weighted by Gasteiger charge is -2.32. The van der Waals surface area contributed by atoms with Gasteiger partial charge in [0.25, 0.3) is 0 Å². The number of fused-ring (bicyclic) bond motifs is 1. The standard InChI is InChI=1S/C23H23F5N2O/c24-21-20(18-6-1-2-7-19(18)29-21)16-8-10-30(11-9-16)13-15-4-3-5-17(12-15)31-14-23(27,28)22(25)26/h1-7,12,16,22,29H,8-11,13-14H2. The van der Waals surface area contributed by atoms with Gasteiger partial charge in [0.05, 0.1) is 0 Å². The van der Waals surface area contributed by atoms with Gasteiger partial charge in [-0.1, -0.05) is 30.3 Å². The first-order chi connectivity index (χ1) is 14.8. The summed E-state index contributed by atoms with van der Waals surface area (Å²) in [6.07, 6.45) is -2.16.